The molecule has 0 radical (unpaired) electrons. The fourth-order valence-electron chi connectivity index (χ4n) is 5.75. The maximum absolute atomic E-state index is 12.7. The van der Waals surface area contributed by atoms with Crippen molar-refractivity contribution in [2.24, 2.45) is 0 Å². The molecule has 0 heterocycles. The van der Waals surface area contributed by atoms with Crippen molar-refractivity contribution in [2.45, 2.75) is 206 Å². The lowest BCUT2D eigenvalue weighted by Crippen LogP contribution is -2.28. The molecule has 0 spiro atoms. The molecule has 0 saturated heterocycles. The van der Waals surface area contributed by atoms with Crippen LogP contribution in [0.5, 0.6) is 0 Å². The smallest absolute Gasteiger partial charge is 0.322 e. The lowest BCUT2D eigenvalue weighted by molar-refractivity contribution is -0.147. The maximum Gasteiger partial charge on any atom is 0.322 e. The Morgan fingerprint density at radius 3 is 1.58 bits per heavy atom. The molecule has 0 aliphatic heterocycles. The SMILES string of the molecule is CCCCCC/C=C\C/C=C\C(CCCCCCCCC(=O)NCC(=O)O)OC(=O)CCCCCCC/C=C\CCCCCCCCC. The molecular weight excluding hydrogens is 598 g/mol. The Morgan fingerprint density at radius 2 is 1.02 bits per heavy atom. The van der Waals surface area contributed by atoms with Crippen LogP contribution in [0, 0.1) is 0 Å². The highest BCUT2D eigenvalue weighted by Gasteiger charge is 2.11. The van der Waals surface area contributed by atoms with Gasteiger partial charge in [-0.2, -0.15) is 0 Å². The predicted octanol–water partition coefficient (Wildman–Crippen LogP) is 12.1. The number of unbranched alkanes of at least 4 members (excludes halogenated alkanes) is 21. The molecule has 0 rings (SSSR count). The van der Waals surface area contributed by atoms with Crippen molar-refractivity contribution in [3.63, 3.8) is 0 Å². The highest BCUT2D eigenvalue weighted by molar-refractivity contribution is 5.80. The van der Waals surface area contributed by atoms with E-state index in [2.05, 4.69) is 55.6 Å². The van der Waals surface area contributed by atoms with E-state index < -0.39 is 5.97 Å². The van der Waals surface area contributed by atoms with Gasteiger partial charge in [0.2, 0.25) is 5.91 Å². The van der Waals surface area contributed by atoms with Gasteiger partial charge >= 0.3 is 11.9 Å². The van der Waals surface area contributed by atoms with Crippen molar-refractivity contribution in [1.82, 2.24) is 5.32 Å². The number of allylic oxidation sites excluding steroid dienone is 5. The standard InChI is InChI=1S/C42H75NO5/c1-3-5-7-9-11-13-14-15-16-17-18-19-21-23-29-33-37-42(47)48-39(34-30-26-22-20-12-10-8-6-4-2)35-31-27-24-25-28-32-36-40(44)43-38-41(45)46/h16-17,20,22,30,34,39H,3-15,18-19,21,23-29,31-33,35-38H2,1-2H3,(H,43,44)(H,45,46)/b17-16-,22-20-,34-30-. The Hall–Kier alpha value is -2.37. The molecule has 1 unspecified atom stereocenters. The molecule has 6 nitrogen and oxygen atoms in total. The second-order valence-corrected chi connectivity index (χ2v) is 13.5. The Labute approximate surface area is 296 Å². The first-order chi connectivity index (χ1) is 23.5. The summed E-state index contributed by atoms with van der Waals surface area (Å²) in [7, 11) is 0. The van der Waals surface area contributed by atoms with E-state index in [0.717, 1.165) is 70.6 Å². The number of carbonyl (C=O) groups is 3. The van der Waals surface area contributed by atoms with Crippen LogP contribution in [0.1, 0.15) is 200 Å². The van der Waals surface area contributed by atoms with E-state index in [1.807, 2.05) is 0 Å². The van der Waals surface area contributed by atoms with Crippen LogP contribution in [0.25, 0.3) is 0 Å². The van der Waals surface area contributed by atoms with Crippen molar-refractivity contribution >= 4 is 17.8 Å². The third-order valence-corrected chi connectivity index (χ3v) is 8.77. The van der Waals surface area contributed by atoms with Gasteiger partial charge < -0.3 is 15.2 Å². The first-order valence-electron chi connectivity index (χ1n) is 20.1. The number of ether oxygens (including phenoxy) is 1. The fourth-order valence-corrected chi connectivity index (χ4v) is 5.75. The molecule has 0 aromatic rings. The molecule has 48 heavy (non-hydrogen) atoms. The Balaban J connectivity index is 4.19. The molecule has 278 valence electrons. The van der Waals surface area contributed by atoms with E-state index in [0.29, 0.717) is 12.8 Å². The largest absolute Gasteiger partial charge is 0.480 e. The summed E-state index contributed by atoms with van der Waals surface area (Å²) in [5.74, 6) is -1.29. The molecule has 0 fully saturated rings. The molecular formula is C42H75NO5. The van der Waals surface area contributed by atoms with Crippen molar-refractivity contribution in [3.8, 4) is 0 Å². The normalized spacial score (nSPS) is 12.4. The minimum atomic E-state index is -1.02. The molecule has 1 amide bonds. The van der Waals surface area contributed by atoms with Crippen LogP contribution in [-0.4, -0.2) is 35.6 Å². The van der Waals surface area contributed by atoms with Gasteiger partial charge in [0.15, 0.2) is 0 Å². The molecule has 0 aliphatic carbocycles. The van der Waals surface area contributed by atoms with Gasteiger partial charge in [0, 0.05) is 12.8 Å². The second kappa shape index (κ2) is 37.4. The molecule has 0 aromatic heterocycles. The van der Waals surface area contributed by atoms with Gasteiger partial charge in [0.25, 0.3) is 0 Å². The summed E-state index contributed by atoms with van der Waals surface area (Å²) in [6, 6.07) is 0. The molecule has 0 aromatic carbocycles. The number of carbonyl (C=O) groups excluding carboxylic acids is 2. The highest BCUT2D eigenvalue weighted by atomic mass is 16.5. The van der Waals surface area contributed by atoms with Gasteiger partial charge in [-0.05, 0) is 76.7 Å². The number of hydrogen-bond donors (Lipinski definition) is 2. The number of amides is 1. The van der Waals surface area contributed by atoms with E-state index in [1.165, 1.54) is 103 Å². The summed E-state index contributed by atoms with van der Waals surface area (Å²) in [5, 5.41) is 11.0. The molecule has 0 aliphatic rings. The van der Waals surface area contributed by atoms with Crippen LogP contribution in [0.2, 0.25) is 0 Å². The van der Waals surface area contributed by atoms with E-state index >= 15 is 0 Å². The zero-order valence-corrected chi connectivity index (χ0v) is 31.3. The number of nitrogens with one attached hydrogen (secondary N) is 1. The van der Waals surface area contributed by atoms with Crippen LogP contribution < -0.4 is 5.32 Å². The molecule has 1 atom stereocenters. The van der Waals surface area contributed by atoms with Gasteiger partial charge in [0.1, 0.15) is 12.6 Å². The van der Waals surface area contributed by atoms with Crippen molar-refractivity contribution in [3.05, 3.63) is 36.5 Å². The quantitative estimate of drug-likeness (QED) is 0.0392. The predicted molar refractivity (Wildman–Crippen MR) is 203 cm³/mol. The summed E-state index contributed by atoms with van der Waals surface area (Å²) < 4.78 is 5.91. The third-order valence-electron chi connectivity index (χ3n) is 8.77. The zero-order valence-electron chi connectivity index (χ0n) is 31.3. The molecule has 0 bridgehead atoms. The van der Waals surface area contributed by atoms with Gasteiger partial charge in [-0.25, -0.2) is 0 Å². The van der Waals surface area contributed by atoms with Crippen molar-refractivity contribution in [2.75, 3.05) is 6.54 Å². The van der Waals surface area contributed by atoms with Gasteiger partial charge in [-0.15, -0.1) is 0 Å². The van der Waals surface area contributed by atoms with E-state index in [1.54, 1.807) is 0 Å². The Bertz CT molecular complexity index is 834. The number of carboxylic acids is 1. The van der Waals surface area contributed by atoms with E-state index in [9.17, 15) is 14.4 Å². The summed E-state index contributed by atoms with van der Waals surface area (Å²) in [4.78, 5) is 34.8. The summed E-state index contributed by atoms with van der Waals surface area (Å²) in [5.41, 5.74) is 0. The molecule has 6 heteroatoms. The first kappa shape index (κ1) is 45.6. The third kappa shape index (κ3) is 36.5. The van der Waals surface area contributed by atoms with Crippen LogP contribution in [0.15, 0.2) is 36.5 Å². The van der Waals surface area contributed by atoms with E-state index in [4.69, 9.17) is 9.84 Å². The monoisotopic (exact) mass is 674 g/mol. The van der Waals surface area contributed by atoms with Crippen molar-refractivity contribution in [1.29, 1.82) is 0 Å². The number of rotatable bonds is 36. The summed E-state index contributed by atoms with van der Waals surface area (Å²) in [6.07, 6.45) is 45.7. The highest BCUT2D eigenvalue weighted by Crippen LogP contribution is 2.15. The zero-order chi connectivity index (χ0) is 35.2. The minimum Gasteiger partial charge on any atom is -0.480 e. The number of hydrogen-bond acceptors (Lipinski definition) is 4. The molecule has 0 saturated carbocycles. The van der Waals surface area contributed by atoms with Crippen LogP contribution >= 0.6 is 0 Å². The van der Waals surface area contributed by atoms with Crippen LogP contribution in [0.3, 0.4) is 0 Å². The topological polar surface area (TPSA) is 92.7 Å². The average molecular weight is 674 g/mol. The van der Waals surface area contributed by atoms with Gasteiger partial charge in [0.05, 0.1) is 0 Å². The Kier molecular flexibility index (Phi) is 35.6. The van der Waals surface area contributed by atoms with Gasteiger partial charge in [-0.1, -0.05) is 147 Å². The maximum atomic E-state index is 12.7. The minimum absolute atomic E-state index is 0.0782. The second-order valence-electron chi connectivity index (χ2n) is 13.5. The summed E-state index contributed by atoms with van der Waals surface area (Å²) >= 11 is 0. The van der Waals surface area contributed by atoms with Crippen molar-refractivity contribution < 1.29 is 24.2 Å². The fraction of sp³-hybridized carbons (Fsp3) is 0.786. The van der Waals surface area contributed by atoms with Crippen LogP contribution in [-0.2, 0) is 19.1 Å². The van der Waals surface area contributed by atoms with Crippen LogP contribution in [0.4, 0.5) is 0 Å². The Morgan fingerprint density at radius 1 is 0.562 bits per heavy atom. The molecule has 2 N–H and O–H groups in total. The summed E-state index contributed by atoms with van der Waals surface area (Å²) in [6.45, 7) is 4.19. The average Bonchev–Trinajstić information content (AvgIpc) is 3.07. The first-order valence-corrected chi connectivity index (χ1v) is 20.1. The lowest BCUT2D eigenvalue weighted by Gasteiger charge is -2.14. The van der Waals surface area contributed by atoms with Gasteiger partial charge in [-0.3, -0.25) is 14.4 Å². The number of carboxylic acid groups (broad SMARTS) is 1. The van der Waals surface area contributed by atoms with E-state index in [-0.39, 0.29) is 24.5 Å². The number of aliphatic carboxylic acids is 1. The number of esters is 1. The lowest BCUT2D eigenvalue weighted by atomic mass is 10.1.